The van der Waals surface area contributed by atoms with E-state index in [0.29, 0.717) is 76.3 Å². The number of aryl methyl sites for hydroxylation is 1. The van der Waals surface area contributed by atoms with Crippen molar-refractivity contribution in [2.24, 2.45) is 17.3 Å². The molecule has 416 valence electrons. The fourth-order valence-electron chi connectivity index (χ4n) is 10.7. The Morgan fingerprint density at radius 1 is 1.00 bits per heavy atom. The highest BCUT2D eigenvalue weighted by molar-refractivity contribution is 7.59. The quantitative estimate of drug-likeness (QED) is 0.143. The van der Waals surface area contributed by atoms with Crippen LogP contribution in [0, 0.1) is 29.1 Å². The molecule has 0 saturated carbocycles. The number of nitrogens with one attached hydrogen (secondary N) is 2. The molecule has 4 atom stereocenters. The van der Waals surface area contributed by atoms with Crippen LogP contribution in [0.5, 0.6) is 5.75 Å². The minimum absolute atomic E-state index is 0. The monoisotopic (exact) mass is 1120 g/mol. The van der Waals surface area contributed by atoms with E-state index in [-0.39, 0.29) is 104 Å². The van der Waals surface area contributed by atoms with Crippen LogP contribution in [0.15, 0.2) is 54.7 Å². The Balaban J connectivity index is 0.00000312. The van der Waals surface area contributed by atoms with Gasteiger partial charge in [-0.3, -0.25) is 38.9 Å². The Kier molecular flexibility index (Phi) is 23.5. The number of likely N-dealkylation sites (tertiary alicyclic amines) is 1. The summed E-state index contributed by atoms with van der Waals surface area (Å²) in [6, 6.07) is 12.4. The standard InChI is InChI=1S/C55H70N8O9.4H2S/c1-8-62-47-16-15-37-30-42(47)43(50(62)41-12-9-18-56-46(41)33-70-7)31-55(4,5)34-72-54(69)44-13-10-20-63(58-44)53(68)45(28-36-26-39(37)29-40(64)27-36)57-51(66)49(35(2)3)59(6)52(67)38-17-21-61(32-38)48(65)14-11-19-60-22-24-71-25-23-60;;;;/h9,12,15-16,18,26-27,29-30,35,38,44-45,49,58,64H,8,10,13,17,19-25,28,31-34H2,1-7H3,(H,57,66);4*1H2/t38-,44-,45-,49-;;;;/m0..../s1. The number of carbonyl (C=O) groups excluding carboxylic acids is 5. The van der Waals surface area contributed by atoms with Crippen molar-refractivity contribution in [2.75, 3.05) is 73.2 Å². The highest BCUT2D eigenvalue weighted by Crippen LogP contribution is 2.41. The largest absolute Gasteiger partial charge is 0.508 e. The first kappa shape index (κ1) is 63.6. The average Bonchev–Trinajstić information content (AvgIpc) is 3.98. The topological polar surface area (TPSA) is 188 Å². The van der Waals surface area contributed by atoms with Crippen molar-refractivity contribution >= 4 is 94.5 Å². The number of likely N-dealkylation sites (N-methyl/N-ethyl adjacent to an activating group) is 1. The third kappa shape index (κ3) is 14.6. The van der Waals surface area contributed by atoms with Gasteiger partial charge in [-0.2, -0.15) is 54.0 Å². The molecular weight excluding hydrogens is 1040 g/mol. The van der Waals surface area contributed by atoms with Gasteiger partial charge in [0.1, 0.15) is 23.9 Å². The van der Waals surface area contributed by atoms with Gasteiger partial charge in [-0.1, -0.05) is 45.7 Å². The van der Waals surface area contributed by atoms with E-state index in [9.17, 15) is 29.1 Å². The van der Waals surface area contributed by atoms with Crippen LogP contribution >= 0.6 is 54.0 Å². The zero-order chi connectivity index (χ0) is 51.3. The molecule has 4 aliphatic rings. The van der Waals surface area contributed by atoms with E-state index in [4.69, 9.17) is 19.2 Å². The Morgan fingerprint density at radius 3 is 2.46 bits per heavy atom. The summed E-state index contributed by atoms with van der Waals surface area (Å²) in [5.74, 6) is 2.67. The number of fused-ring (bicyclic) bond motifs is 6. The number of aromatic nitrogens is 2. The van der Waals surface area contributed by atoms with Crippen LogP contribution in [0.1, 0.15) is 70.7 Å². The van der Waals surface area contributed by atoms with Gasteiger partial charge in [-0.15, -0.1) is 0 Å². The first-order valence-corrected chi connectivity index (χ1v) is 25.4. The fraction of sp³-hybridized carbons (Fsp3) is 0.527. The molecule has 17 nitrogen and oxygen atoms in total. The number of hydrazine groups is 1. The molecule has 0 aliphatic carbocycles. The molecule has 8 rings (SSSR count). The highest BCUT2D eigenvalue weighted by atomic mass is 32.1. The van der Waals surface area contributed by atoms with Crippen LogP contribution in [0.3, 0.4) is 0 Å². The Hall–Kier alpha value is -4.92. The third-order valence-corrected chi connectivity index (χ3v) is 14.4. The average molecular weight is 1120 g/mol. The van der Waals surface area contributed by atoms with Gasteiger partial charge in [-0.05, 0) is 103 Å². The van der Waals surface area contributed by atoms with Crippen molar-refractivity contribution in [2.45, 2.75) is 98.0 Å². The predicted octanol–water partition coefficient (Wildman–Crippen LogP) is 5.01. The van der Waals surface area contributed by atoms with Gasteiger partial charge >= 0.3 is 5.97 Å². The molecule has 2 aromatic heterocycles. The first-order valence-electron chi connectivity index (χ1n) is 25.4. The molecule has 76 heavy (non-hydrogen) atoms. The lowest BCUT2D eigenvalue weighted by Gasteiger charge is -2.37. The SMILES string of the molecule is CCn1c(-c2cccnc2COC)c2c3cc(ccc31)-c1cc(O)cc(c1)C[C@H](NC(=O)[C@H](C(C)C)N(C)C(=O)[C@H]1CCN(C(=O)C#CCN3CCOCC3)C1)C(=O)N1CCC[C@H](N1)C(=O)OCC(C)(C)C2.S.S.S.S. The van der Waals surface area contributed by atoms with Gasteiger partial charge in [0.15, 0.2) is 0 Å². The third-order valence-electron chi connectivity index (χ3n) is 14.4. The molecule has 4 aliphatic heterocycles. The number of esters is 1. The maximum absolute atomic E-state index is 14.8. The molecule has 3 fully saturated rings. The van der Waals surface area contributed by atoms with Crippen molar-refractivity contribution in [3.63, 3.8) is 0 Å². The second-order valence-electron chi connectivity index (χ2n) is 20.7. The number of pyridine rings is 1. The first-order chi connectivity index (χ1) is 34.5. The molecule has 2 aromatic carbocycles. The predicted molar refractivity (Wildman–Crippen MR) is 313 cm³/mol. The van der Waals surface area contributed by atoms with Crippen LogP contribution in [0.2, 0.25) is 0 Å². The summed E-state index contributed by atoms with van der Waals surface area (Å²) in [4.78, 5) is 80.6. The van der Waals surface area contributed by atoms with Crippen molar-refractivity contribution in [3.8, 4) is 40.0 Å². The number of hydrogen-bond acceptors (Lipinski definition) is 12. The Labute approximate surface area is 475 Å². The normalized spacial score (nSPS) is 20.0. The van der Waals surface area contributed by atoms with E-state index in [1.807, 2.05) is 32.0 Å². The summed E-state index contributed by atoms with van der Waals surface area (Å²) in [5, 5.41) is 16.8. The molecule has 4 aromatic rings. The second-order valence-corrected chi connectivity index (χ2v) is 20.7. The second kappa shape index (κ2) is 28.1. The number of aromatic hydroxyl groups is 1. The number of ether oxygens (including phenoxy) is 3. The number of phenolic OH excluding ortho intramolecular Hbond substituents is 1. The van der Waals surface area contributed by atoms with Crippen LogP contribution < -0.4 is 10.7 Å². The summed E-state index contributed by atoms with van der Waals surface area (Å²) < 4.78 is 19.4. The summed E-state index contributed by atoms with van der Waals surface area (Å²) in [6.45, 7) is 15.1. The van der Waals surface area contributed by atoms with Gasteiger partial charge < -0.3 is 39.0 Å². The fourth-order valence-corrected chi connectivity index (χ4v) is 10.7. The van der Waals surface area contributed by atoms with Crippen molar-refractivity contribution in [1.82, 2.24) is 40.0 Å². The Bertz CT molecular complexity index is 2760. The van der Waals surface area contributed by atoms with E-state index in [1.165, 1.54) is 9.91 Å². The van der Waals surface area contributed by atoms with Crippen molar-refractivity contribution in [3.05, 3.63) is 71.5 Å². The van der Waals surface area contributed by atoms with Gasteiger partial charge in [0, 0.05) is 87.9 Å². The maximum Gasteiger partial charge on any atom is 0.324 e. The molecule has 3 N–H and O–H groups in total. The lowest BCUT2D eigenvalue weighted by Crippen LogP contribution is -2.62. The smallest absolute Gasteiger partial charge is 0.324 e. The zero-order valence-corrected chi connectivity index (χ0v) is 48.8. The number of amides is 4. The van der Waals surface area contributed by atoms with Crippen LogP contribution in [0.4, 0.5) is 0 Å². The number of nitrogens with zero attached hydrogens (tertiary/aromatic N) is 6. The zero-order valence-electron chi connectivity index (χ0n) is 44.8. The number of methoxy groups -OCH3 is 1. The van der Waals surface area contributed by atoms with Crippen molar-refractivity contribution < 1.29 is 43.3 Å². The lowest BCUT2D eigenvalue weighted by atomic mass is 9.84. The van der Waals surface area contributed by atoms with Gasteiger partial charge in [-0.25, -0.2) is 5.43 Å². The number of cyclic esters (lactones) is 1. The molecule has 4 amide bonds. The summed E-state index contributed by atoms with van der Waals surface area (Å²) in [6.07, 6.45) is 3.65. The summed E-state index contributed by atoms with van der Waals surface area (Å²) in [5.41, 5.74) is 9.52. The molecule has 3 saturated heterocycles. The van der Waals surface area contributed by atoms with Crippen LogP contribution in [-0.2, 0) is 64.2 Å². The molecule has 6 bridgehead atoms. The number of morpholine rings is 1. The molecule has 6 heterocycles. The minimum Gasteiger partial charge on any atom is -0.508 e. The molecule has 0 radical (unpaired) electrons. The lowest BCUT2D eigenvalue weighted by molar-refractivity contribution is -0.155. The number of benzene rings is 2. The number of hydrogen-bond donors (Lipinski definition) is 3. The summed E-state index contributed by atoms with van der Waals surface area (Å²) in [7, 11) is 3.24. The maximum atomic E-state index is 14.8. The molecule has 21 heteroatoms. The van der Waals surface area contributed by atoms with E-state index in [0.717, 1.165) is 52.1 Å². The highest BCUT2D eigenvalue weighted by Gasteiger charge is 2.40. The van der Waals surface area contributed by atoms with E-state index < -0.39 is 47.2 Å². The number of phenols is 1. The summed E-state index contributed by atoms with van der Waals surface area (Å²) >= 11 is 0. The van der Waals surface area contributed by atoms with Crippen molar-refractivity contribution in [1.29, 1.82) is 0 Å². The molecular formula is C55H78N8O9S4. The van der Waals surface area contributed by atoms with Gasteiger partial charge in [0.05, 0.1) is 50.3 Å². The van der Waals surface area contributed by atoms with E-state index in [2.05, 4.69) is 71.0 Å². The van der Waals surface area contributed by atoms with Gasteiger partial charge in [0.2, 0.25) is 11.8 Å². The minimum atomic E-state index is -1.18. The van der Waals surface area contributed by atoms with E-state index in [1.54, 1.807) is 37.4 Å². The molecule has 0 spiro atoms. The molecule has 0 unspecified atom stereocenters. The Morgan fingerprint density at radius 2 is 1.75 bits per heavy atom. The van der Waals surface area contributed by atoms with E-state index >= 15 is 0 Å². The number of rotatable bonds is 10. The van der Waals surface area contributed by atoms with Gasteiger partial charge in [0.25, 0.3) is 11.8 Å². The van der Waals surface area contributed by atoms with Crippen LogP contribution in [0.25, 0.3) is 33.3 Å². The van der Waals surface area contributed by atoms with Crippen LogP contribution in [-0.4, -0.2) is 155 Å². The number of carbonyl (C=O) groups is 5.